The largest absolute Gasteiger partial charge is 0.389 e. The van der Waals surface area contributed by atoms with Gasteiger partial charge in [0.2, 0.25) is 0 Å². The summed E-state index contributed by atoms with van der Waals surface area (Å²) in [4.78, 5) is 13.0. The molecule has 0 aromatic rings. The molecule has 1 N–H and O–H groups in total. The van der Waals surface area contributed by atoms with Crippen LogP contribution in [-0.4, -0.2) is 16.5 Å². The van der Waals surface area contributed by atoms with E-state index >= 15 is 0 Å². The summed E-state index contributed by atoms with van der Waals surface area (Å²) >= 11 is 0. The molecule has 2 fully saturated rings. The molecule has 2 rings (SSSR count). The first-order valence-electron chi connectivity index (χ1n) is 9.21. The molecule has 0 aromatic carbocycles. The lowest BCUT2D eigenvalue weighted by atomic mass is 9.59. The molecule has 2 aliphatic carbocycles. The first-order valence-corrected chi connectivity index (χ1v) is 9.21. The van der Waals surface area contributed by atoms with Crippen LogP contribution in [0.2, 0.25) is 0 Å². The van der Waals surface area contributed by atoms with E-state index in [9.17, 15) is 9.90 Å². The quantitative estimate of drug-likeness (QED) is 0.741. The number of aliphatic hydroxyl groups is 1. The highest BCUT2D eigenvalue weighted by molar-refractivity contribution is 5.85. The molecule has 0 aromatic heterocycles. The van der Waals surface area contributed by atoms with E-state index < -0.39 is 5.60 Å². The van der Waals surface area contributed by atoms with E-state index in [1.54, 1.807) is 0 Å². The Labute approximate surface area is 137 Å². The molecule has 0 unspecified atom stereocenters. The van der Waals surface area contributed by atoms with Crippen LogP contribution in [0.5, 0.6) is 0 Å². The van der Waals surface area contributed by atoms with Gasteiger partial charge in [-0.05, 0) is 55.3 Å². The van der Waals surface area contributed by atoms with Gasteiger partial charge in [-0.3, -0.25) is 4.79 Å². The van der Waals surface area contributed by atoms with Crippen molar-refractivity contribution in [1.82, 2.24) is 0 Å². The summed E-state index contributed by atoms with van der Waals surface area (Å²) in [5.41, 5.74) is -0.399. The Bertz CT molecular complexity index is 402. The lowest BCUT2D eigenvalue weighted by Gasteiger charge is -2.47. The average Bonchev–Trinajstić information content (AvgIpc) is 2.36. The molecule has 2 atom stereocenters. The van der Waals surface area contributed by atoms with Crippen molar-refractivity contribution in [3.8, 4) is 0 Å². The summed E-state index contributed by atoms with van der Waals surface area (Å²) < 4.78 is 0. The molecule has 2 saturated carbocycles. The molecule has 0 amide bonds. The van der Waals surface area contributed by atoms with Gasteiger partial charge < -0.3 is 5.11 Å². The van der Waals surface area contributed by atoms with Crippen LogP contribution in [0.4, 0.5) is 0 Å². The first kappa shape index (κ1) is 18.0. The van der Waals surface area contributed by atoms with Crippen molar-refractivity contribution >= 4 is 5.78 Å². The van der Waals surface area contributed by atoms with Crippen LogP contribution in [0.15, 0.2) is 0 Å². The van der Waals surface area contributed by atoms with E-state index in [4.69, 9.17) is 0 Å². The van der Waals surface area contributed by atoms with Gasteiger partial charge >= 0.3 is 0 Å². The summed E-state index contributed by atoms with van der Waals surface area (Å²) in [5.74, 6) is 1.02. The van der Waals surface area contributed by atoms with Crippen molar-refractivity contribution in [1.29, 1.82) is 0 Å². The Morgan fingerprint density at radius 2 is 1.45 bits per heavy atom. The van der Waals surface area contributed by atoms with E-state index in [-0.39, 0.29) is 17.3 Å². The number of hydrogen-bond donors (Lipinski definition) is 1. The molecular weight excluding hydrogens is 272 g/mol. The number of carbonyl (C=O) groups is 1. The second-order valence-corrected chi connectivity index (χ2v) is 10.0. The predicted octanol–water partition coefficient (Wildman–Crippen LogP) is 4.99. The Balaban J connectivity index is 2.09. The Morgan fingerprint density at radius 3 is 1.91 bits per heavy atom. The Morgan fingerprint density at radius 1 is 0.909 bits per heavy atom. The normalized spacial score (nSPS) is 38.1. The van der Waals surface area contributed by atoms with Crippen LogP contribution in [0.25, 0.3) is 0 Å². The minimum atomic E-state index is -0.733. The molecular formula is C20H36O2. The first-order chi connectivity index (χ1) is 9.95. The number of rotatable bonds is 1. The van der Waals surface area contributed by atoms with Crippen molar-refractivity contribution in [2.45, 2.75) is 92.1 Å². The minimum Gasteiger partial charge on any atom is -0.389 e. The van der Waals surface area contributed by atoms with Crippen molar-refractivity contribution < 1.29 is 9.90 Å². The third kappa shape index (κ3) is 3.58. The van der Waals surface area contributed by atoms with Crippen molar-refractivity contribution in [3.05, 3.63) is 0 Å². The summed E-state index contributed by atoms with van der Waals surface area (Å²) in [6.45, 7) is 13.4. The Hall–Kier alpha value is -0.370. The molecule has 0 spiro atoms. The fourth-order valence-corrected chi connectivity index (χ4v) is 4.78. The molecule has 0 bridgehead atoms. The van der Waals surface area contributed by atoms with E-state index in [1.807, 2.05) is 0 Å². The summed E-state index contributed by atoms with van der Waals surface area (Å²) in [7, 11) is 0. The van der Waals surface area contributed by atoms with Crippen LogP contribution < -0.4 is 0 Å². The van der Waals surface area contributed by atoms with Crippen LogP contribution >= 0.6 is 0 Å². The van der Waals surface area contributed by atoms with Crippen LogP contribution in [0, 0.1) is 28.6 Å². The molecule has 0 heterocycles. The lowest BCUT2D eigenvalue weighted by molar-refractivity contribution is -0.149. The number of Topliss-reactive ketones (excluding diaryl/α,β-unsaturated/α-hetero) is 1. The average molecular weight is 309 g/mol. The van der Waals surface area contributed by atoms with E-state index in [2.05, 4.69) is 41.5 Å². The van der Waals surface area contributed by atoms with Gasteiger partial charge in [0.25, 0.3) is 0 Å². The van der Waals surface area contributed by atoms with Crippen molar-refractivity contribution in [2.24, 2.45) is 28.6 Å². The third-order valence-electron chi connectivity index (χ3n) is 6.44. The minimum absolute atomic E-state index is 0.0225. The monoisotopic (exact) mass is 308 g/mol. The van der Waals surface area contributed by atoms with Gasteiger partial charge in [-0.15, -0.1) is 0 Å². The summed E-state index contributed by atoms with van der Waals surface area (Å²) in [6, 6.07) is 0. The molecule has 0 aliphatic heterocycles. The highest BCUT2D eigenvalue weighted by Gasteiger charge is 2.49. The topological polar surface area (TPSA) is 37.3 Å². The lowest BCUT2D eigenvalue weighted by Crippen LogP contribution is -2.51. The van der Waals surface area contributed by atoms with Gasteiger partial charge in [0.05, 0.1) is 5.60 Å². The molecule has 22 heavy (non-hydrogen) atoms. The van der Waals surface area contributed by atoms with Crippen LogP contribution in [0.3, 0.4) is 0 Å². The maximum absolute atomic E-state index is 13.0. The zero-order valence-electron chi connectivity index (χ0n) is 15.5. The van der Waals surface area contributed by atoms with E-state index in [0.717, 1.165) is 44.9 Å². The number of ketones is 1. The zero-order valence-corrected chi connectivity index (χ0v) is 15.5. The maximum Gasteiger partial charge on any atom is 0.142 e. The fourth-order valence-electron chi connectivity index (χ4n) is 4.78. The SMILES string of the molecule is CC(C)(C)C1CCC(O)([C@@H]2CCC[C@@H](C(C)(C)C)C2=O)CC1. The molecule has 0 radical (unpaired) electrons. The molecule has 0 saturated heterocycles. The highest BCUT2D eigenvalue weighted by atomic mass is 16.3. The molecule has 2 nitrogen and oxygen atoms in total. The third-order valence-corrected chi connectivity index (χ3v) is 6.44. The van der Waals surface area contributed by atoms with Crippen molar-refractivity contribution in [3.63, 3.8) is 0 Å². The molecule has 128 valence electrons. The van der Waals surface area contributed by atoms with Gasteiger partial charge in [0.15, 0.2) is 0 Å². The second-order valence-electron chi connectivity index (χ2n) is 10.0. The number of carbonyl (C=O) groups excluding carboxylic acids is 1. The van der Waals surface area contributed by atoms with Crippen LogP contribution in [0.1, 0.15) is 86.5 Å². The predicted molar refractivity (Wildman–Crippen MR) is 91.7 cm³/mol. The highest BCUT2D eigenvalue weighted by Crippen LogP contribution is 2.48. The van der Waals surface area contributed by atoms with E-state index in [0.29, 0.717) is 17.1 Å². The van der Waals surface area contributed by atoms with Gasteiger partial charge in [0.1, 0.15) is 5.78 Å². The fraction of sp³-hybridized carbons (Fsp3) is 0.950. The van der Waals surface area contributed by atoms with Gasteiger partial charge in [-0.25, -0.2) is 0 Å². The molecule has 2 aliphatic rings. The van der Waals surface area contributed by atoms with Gasteiger partial charge in [0, 0.05) is 11.8 Å². The van der Waals surface area contributed by atoms with Crippen molar-refractivity contribution in [2.75, 3.05) is 0 Å². The maximum atomic E-state index is 13.0. The second kappa shape index (κ2) is 5.92. The smallest absolute Gasteiger partial charge is 0.142 e. The van der Waals surface area contributed by atoms with Gasteiger partial charge in [-0.1, -0.05) is 48.0 Å². The van der Waals surface area contributed by atoms with E-state index in [1.165, 1.54) is 0 Å². The standard InChI is InChI=1S/C20H36O2/c1-18(2,3)14-10-12-20(22,13-11-14)16-9-7-8-15(17(16)21)19(4,5)6/h14-16,22H,7-13H2,1-6H3/t14?,15-,16-,20?/m1/s1. The summed E-state index contributed by atoms with van der Waals surface area (Å²) in [6.07, 6.45) is 6.71. The van der Waals surface area contributed by atoms with Gasteiger partial charge in [-0.2, -0.15) is 0 Å². The summed E-state index contributed by atoms with van der Waals surface area (Å²) in [5, 5.41) is 11.2. The molecule has 2 heteroatoms. The zero-order chi connectivity index (χ0) is 16.8. The van der Waals surface area contributed by atoms with Crippen LogP contribution in [-0.2, 0) is 4.79 Å². The Kier molecular flexibility index (Phi) is 4.84. The number of hydrogen-bond acceptors (Lipinski definition) is 2.